The Morgan fingerprint density at radius 3 is 2.42 bits per heavy atom. The van der Waals surface area contributed by atoms with Gasteiger partial charge in [-0.05, 0) is 12.1 Å². The Bertz CT molecular complexity index is 905. The first kappa shape index (κ1) is 15.7. The summed E-state index contributed by atoms with van der Waals surface area (Å²) < 4.78 is 54.5. The minimum Gasteiger partial charge on any atom is -0.305 e. The molecule has 0 spiro atoms. The monoisotopic (exact) mass is 336 g/mol. The summed E-state index contributed by atoms with van der Waals surface area (Å²) in [6.07, 6.45) is 2.05. The van der Waals surface area contributed by atoms with Gasteiger partial charge in [0.25, 0.3) is 5.91 Å². The number of hydrogen-bond donors (Lipinski definition) is 1. The first-order valence-electron chi connectivity index (χ1n) is 6.58. The number of amides is 1. The first-order chi connectivity index (χ1) is 11.5. The highest BCUT2D eigenvalue weighted by Crippen LogP contribution is 2.16. The summed E-state index contributed by atoms with van der Waals surface area (Å²) in [5, 5.41) is 6.00. The molecule has 1 N–H and O–H groups in total. The lowest BCUT2D eigenvalue weighted by atomic mass is 10.2. The quantitative estimate of drug-likeness (QED) is 0.748. The molecule has 5 nitrogen and oxygen atoms in total. The molecule has 3 rings (SSSR count). The molecule has 122 valence electrons. The Balaban J connectivity index is 1.85. The normalized spacial score (nSPS) is 10.7. The van der Waals surface area contributed by atoms with Gasteiger partial charge in [0.2, 0.25) is 0 Å². The molecule has 0 atom stereocenters. The maximum Gasteiger partial charge on any atom is 0.262 e. The summed E-state index contributed by atoms with van der Waals surface area (Å²) >= 11 is 0. The molecule has 0 fully saturated rings. The molecule has 2 heterocycles. The lowest BCUT2D eigenvalue weighted by Crippen LogP contribution is -2.16. The van der Waals surface area contributed by atoms with Crippen LogP contribution >= 0.6 is 0 Å². The van der Waals surface area contributed by atoms with Crippen LogP contribution in [0, 0.1) is 23.3 Å². The molecule has 0 saturated carbocycles. The van der Waals surface area contributed by atoms with Crippen LogP contribution in [0.3, 0.4) is 0 Å². The van der Waals surface area contributed by atoms with Crippen LogP contribution in [0.15, 0.2) is 42.7 Å². The average Bonchev–Trinajstić information content (AvgIpc) is 2.95. The van der Waals surface area contributed by atoms with Crippen LogP contribution < -0.4 is 5.32 Å². The van der Waals surface area contributed by atoms with E-state index in [4.69, 9.17) is 0 Å². The summed E-state index contributed by atoms with van der Waals surface area (Å²) in [5.41, 5.74) is -0.766. The maximum absolute atomic E-state index is 13.6. The number of carbonyl (C=O) groups is 1. The molecule has 3 aromatic rings. The van der Waals surface area contributed by atoms with Crippen LogP contribution in [-0.2, 0) is 0 Å². The van der Waals surface area contributed by atoms with Crippen molar-refractivity contribution in [3.05, 3.63) is 71.6 Å². The van der Waals surface area contributed by atoms with Gasteiger partial charge in [-0.25, -0.2) is 27.2 Å². The Labute approximate surface area is 132 Å². The van der Waals surface area contributed by atoms with Crippen molar-refractivity contribution < 1.29 is 22.4 Å². The Kier molecular flexibility index (Phi) is 3.98. The lowest BCUT2D eigenvalue weighted by Gasteiger charge is -2.05. The summed E-state index contributed by atoms with van der Waals surface area (Å²) in [4.78, 5) is 15.5. The van der Waals surface area contributed by atoms with E-state index >= 15 is 0 Å². The molecule has 0 aliphatic heterocycles. The number of nitrogens with zero attached hydrogens (tertiary/aromatic N) is 3. The van der Waals surface area contributed by atoms with Gasteiger partial charge in [-0.3, -0.25) is 4.79 Å². The molecule has 0 bridgehead atoms. The van der Waals surface area contributed by atoms with E-state index < -0.39 is 34.7 Å². The number of anilines is 1. The number of halogens is 4. The van der Waals surface area contributed by atoms with Gasteiger partial charge in [0, 0.05) is 18.3 Å². The number of pyridine rings is 1. The molecule has 0 radical (unpaired) electrons. The highest BCUT2D eigenvalue weighted by molar-refractivity contribution is 6.04. The molecule has 0 aliphatic carbocycles. The molecular formula is C15H8F4N4O. The summed E-state index contributed by atoms with van der Waals surface area (Å²) in [6.45, 7) is 0. The van der Waals surface area contributed by atoms with Crippen LogP contribution in [0.4, 0.5) is 23.4 Å². The van der Waals surface area contributed by atoms with Gasteiger partial charge in [-0.2, -0.15) is 0 Å². The van der Waals surface area contributed by atoms with E-state index in [0.29, 0.717) is 6.07 Å². The fraction of sp³-hybridized carbons (Fsp3) is 0. The van der Waals surface area contributed by atoms with E-state index in [0.717, 1.165) is 29.1 Å². The number of aromatic nitrogens is 3. The van der Waals surface area contributed by atoms with Crippen molar-refractivity contribution in [2.75, 3.05) is 5.32 Å². The van der Waals surface area contributed by atoms with Crippen LogP contribution in [0.1, 0.15) is 10.4 Å². The molecular weight excluding hydrogens is 328 g/mol. The number of hydrogen-bond acceptors (Lipinski definition) is 3. The predicted molar refractivity (Wildman–Crippen MR) is 75.6 cm³/mol. The molecule has 1 amide bonds. The molecule has 0 unspecified atom stereocenters. The Morgan fingerprint density at radius 2 is 1.75 bits per heavy atom. The average molecular weight is 336 g/mol. The van der Waals surface area contributed by atoms with Crippen molar-refractivity contribution in [2.24, 2.45) is 0 Å². The van der Waals surface area contributed by atoms with E-state index in [-0.39, 0.29) is 11.6 Å². The fourth-order valence-corrected chi connectivity index (χ4v) is 1.98. The molecule has 0 saturated heterocycles. The molecule has 24 heavy (non-hydrogen) atoms. The zero-order valence-electron chi connectivity index (χ0n) is 11.8. The van der Waals surface area contributed by atoms with E-state index in [1.165, 1.54) is 12.3 Å². The summed E-state index contributed by atoms with van der Waals surface area (Å²) in [6, 6.07) is 4.89. The van der Waals surface area contributed by atoms with Crippen molar-refractivity contribution in [2.45, 2.75) is 0 Å². The van der Waals surface area contributed by atoms with Gasteiger partial charge in [-0.1, -0.05) is 6.07 Å². The lowest BCUT2D eigenvalue weighted by molar-refractivity contribution is 0.101. The van der Waals surface area contributed by atoms with Crippen molar-refractivity contribution in [1.82, 2.24) is 14.8 Å². The van der Waals surface area contributed by atoms with Gasteiger partial charge >= 0.3 is 0 Å². The second kappa shape index (κ2) is 6.11. The van der Waals surface area contributed by atoms with Gasteiger partial charge in [-0.15, -0.1) is 5.10 Å². The minimum atomic E-state index is -1.05. The van der Waals surface area contributed by atoms with Crippen molar-refractivity contribution in [1.29, 1.82) is 0 Å². The zero-order valence-corrected chi connectivity index (χ0v) is 11.8. The number of nitrogens with one attached hydrogen (secondary N) is 1. The third-order valence-electron chi connectivity index (χ3n) is 3.03. The zero-order chi connectivity index (χ0) is 17.3. The highest BCUT2D eigenvalue weighted by Gasteiger charge is 2.18. The number of rotatable bonds is 3. The second-order valence-corrected chi connectivity index (χ2v) is 4.66. The third-order valence-corrected chi connectivity index (χ3v) is 3.03. The van der Waals surface area contributed by atoms with E-state index in [2.05, 4.69) is 15.4 Å². The van der Waals surface area contributed by atoms with E-state index in [1.54, 1.807) is 0 Å². The first-order valence-corrected chi connectivity index (χ1v) is 6.58. The molecule has 9 heteroatoms. The summed E-state index contributed by atoms with van der Waals surface area (Å²) in [5.74, 6) is -5.31. The standard InChI is InChI=1S/C15H8F4N4O/c16-8-6-11(19)14(20-7-8)23-5-4-12(22-23)21-15(24)13-9(17)2-1-3-10(13)18/h1-7H,(H,21,22,24). The number of benzene rings is 1. The van der Waals surface area contributed by atoms with Crippen LogP contribution in [0.5, 0.6) is 0 Å². The van der Waals surface area contributed by atoms with E-state index in [1.807, 2.05) is 0 Å². The smallest absolute Gasteiger partial charge is 0.262 e. The Hall–Kier alpha value is -3.23. The van der Waals surface area contributed by atoms with Crippen molar-refractivity contribution >= 4 is 11.7 Å². The minimum absolute atomic E-state index is 0.0896. The molecule has 2 aromatic heterocycles. The SMILES string of the molecule is O=C(Nc1ccn(-c2ncc(F)cc2F)n1)c1c(F)cccc1F. The fourth-order valence-electron chi connectivity index (χ4n) is 1.98. The highest BCUT2D eigenvalue weighted by atomic mass is 19.1. The third kappa shape index (κ3) is 2.96. The van der Waals surface area contributed by atoms with Crippen molar-refractivity contribution in [3.8, 4) is 5.82 Å². The topological polar surface area (TPSA) is 59.8 Å². The van der Waals surface area contributed by atoms with Gasteiger partial charge in [0.15, 0.2) is 17.5 Å². The molecule has 1 aromatic carbocycles. The summed E-state index contributed by atoms with van der Waals surface area (Å²) in [7, 11) is 0. The van der Waals surface area contributed by atoms with Gasteiger partial charge < -0.3 is 5.32 Å². The van der Waals surface area contributed by atoms with Crippen molar-refractivity contribution in [3.63, 3.8) is 0 Å². The maximum atomic E-state index is 13.6. The van der Waals surface area contributed by atoms with Crippen LogP contribution in [0.25, 0.3) is 5.82 Å². The largest absolute Gasteiger partial charge is 0.305 e. The van der Waals surface area contributed by atoms with Crippen LogP contribution in [-0.4, -0.2) is 20.7 Å². The van der Waals surface area contributed by atoms with E-state index in [9.17, 15) is 22.4 Å². The predicted octanol–water partition coefficient (Wildman–Crippen LogP) is 3.08. The van der Waals surface area contributed by atoms with Crippen LogP contribution in [0.2, 0.25) is 0 Å². The Morgan fingerprint density at radius 1 is 1.04 bits per heavy atom. The van der Waals surface area contributed by atoms with Gasteiger partial charge in [0.1, 0.15) is 23.0 Å². The van der Waals surface area contributed by atoms with Gasteiger partial charge in [0.05, 0.1) is 6.20 Å². The molecule has 0 aliphatic rings. The number of carbonyl (C=O) groups excluding carboxylic acids is 1. The second-order valence-electron chi connectivity index (χ2n) is 4.66.